The van der Waals surface area contributed by atoms with E-state index in [0.717, 1.165) is 39.3 Å². The van der Waals surface area contributed by atoms with Gasteiger partial charge in [-0.1, -0.05) is 24.3 Å². The first-order valence-electron chi connectivity index (χ1n) is 9.82. The predicted molar refractivity (Wildman–Crippen MR) is 121 cm³/mol. The number of rotatable bonds is 3. The second kappa shape index (κ2) is 6.95. The molecule has 0 bridgehead atoms. The number of nitrogens with zero attached hydrogens (tertiary/aromatic N) is 1. The number of phenols is 2. The van der Waals surface area contributed by atoms with E-state index >= 15 is 0 Å². The topological polar surface area (TPSA) is 83.7 Å². The van der Waals surface area contributed by atoms with Crippen molar-refractivity contribution < 1.29 is 19.7 Å². The highest BCUT2D eigenvalue weighted by Gasteiger charge is 2.31. The molecule has 5 rings (SSSR count). The Labute approximate surface area is 178 Å². The molecule has 31 heavy (non-hydrogen) atoms. The number of ether oxygens (including phenoxy) is 1. The van der Waals surface area contributed by atoms with Crippen molar-refractivity contribution >= 4 is 28.4 Å². The van der Waals surface area contributed by atoms with Crippen molar-refractivity contribution in [2.75, 3.05) is 12.4 Å². The van der Waals surface area contributed by atoms with Crippen molar-refractivity contribution in [1.82, 2.24) is 4.57 Å². The SMILES string of the molecule is CNc1ccc(-c2cccc3c2c(C=C2Oc4cc(O)cc(O)c4C2=O)cn3C)cc1. The van der Waals surface area contributed by atoms with Crippen LogP contribution >= 0.6 is 0 Å². The number of nitrogens with one attached hydrogen (secondary N) is 1. The molecule has 1 aliphatic heterocycles. The lowest BCUT2D eigenvalue weighted by Crippen LogP contribution is -1.98. The summed E-state index contributed by atoms with van der Waals surface area (Å²) in [7, 11) is 3.83. The number of hydrogen-bond donors (Lipinski definition) is 3. The molecular formula is C25H20N2O4. The minimum Gasteiger partial charge on any atom is -0.508 e. The maximum atomic E-state index is 12.9. The summed E-state index contributed by atoms with van der Waals surface area (Å²) < 4.78 is 7.70. The first kappa shape index (κ1) is 18.8. The van der Waals surface area contributed by atoms with Gasteiger partial charge in [0.05, 0.1) is 0 Å². The van der Waals surface area contributed by atoms with Gasteiger partial charge in [0.25, 0.3) is 0 Å². The molecule has 0 radical (unpaired) electrons. The van der Waals surface area contributed by atoms with E-state index in [2.05, 4.69) is 23.5 Å². The Morgan fingerprint density at radius 1 is 1.06 bits per heavy atom. The number of phenolic OH excluding ortho intramolecular Hbond substituents is 2. The highest BCUT2D eigenvalue weighted by Crippen LogP contribution is 2.41. The number of Topliss-reactive ketones (excluding diaryl/α,β-unsaturated/α-hetero) is 1. The number of benzene rings is 3. The van der Waals surface area contributed by atoms with Gasteiger partial charge in [-0.05, 0) is 35.4 Å². The molecule has 1 aliphatic rings. The van der Waals surface area contributed by atoms with Crippen molar-refractivity contribution in [2.24, 2.45) is 7.05 Å². The Morgan fingerprint density at radius 2 is 1.84 bits per heavy atom. The average molecular weight is 412 g/mol. The zero-order chi connectivity index (χ0) is 21.7. The molecule has 0 saturated carbocycles. The van der Waals surface area contributed by atoms with Gasteiger partial charge in [-0.25, -0.2) is 0 Å². The highest BCUT2D eigenvalue weighted by molar-refractivity contribution is 6.17. The van der Waals surface area contributed by atoms with Crippen LogP contribution in [0.2, 0.25) is 0 Å². The highest BCUT2D eigenvalue weighted by atomic mass is 16.5. The Bertz CT molecular complexity index is 1380. The van der Waals surface area contributed by atoms with Gasteiger partial charge in [0, 0.05) is 54.6 Å². The smallest absolute Gasteiger partial charge is 0.235 e. The molecule has 0 fully saturated rings. The summed E-state index contributed by atoms with van der Waals surface area (Å²) in [6.45, 7) is 0. The van der Waals surface area contributed by atoms with Crippen molar-refractivity contribution in [1.29, 1.82) is 0 Å². The average Bonchev–Trinajstić information content (AvgIpc) is 3.25. The zero-order valence-electron chi connectivity index (χ0n) is 17.0. The van der Waals surface area contributed by atoms with E-state index in [4.69, 9.17) is 4.74 Å². The molecule has 0 unspecified atom stereocenters. The Balaban J connectivity index is 1.66. The molecule has 0 saturated heterocycles. The molecule has 3 aromatic carbocycles. The quantitative estimate of drug-likeness (QED) is 0.416. The molecule has 1 aromatic heterocycles. The molecule has 6 nitrogen and oxygen atoms in total. The minimum atomic E-state index is -0.416. The van der Waals surface area contributed by atoms with E-state index < -0.39 is 5.78 Å². The van der Waals surface area contributed by atoms with Crippen molar-refractivity contribution in [3.05, 3.63) is 77.7 Å². The van der Waals surface area contributed by atoms with Crippen molar-refractivity contribution in [2.45, 2.75) is 0 Å². The second-order valence-electron chi connectivity index (χ2n) is 7.50. The number of aryl methyl sites for hydroxylation is 1. The summed E-state index contributed by atoms with van der Waals surface area (Å²) in [5.74, 6) is -0.629. The van der Waals surface area contributed by atoms with Crippen LogP contribution in [0.25, 0.3) is 28.1 Å². The maximum Gasteiger partial charge on any atom is 0.235 e. The molecule has 3 N–H and O–H groups in total. The van der Waals surface area contributed by atoms with Crippen LogP contribution in [0.15, 0.2) is 66.6 Å². The van der Waals surface area contributed by atoms with Gasteiger partial charge in [0.1, 0.15) is 22.8 Å². The number of ketones is 1. The van der Waals surface area contributed by atoms with Gasteiger partial charge >= 0.3 is 0 Å². The first-order valence-corrected chi connectivity index (χ1v) is 9.82. The molecule has 0 aliphatic carbocycles. The van der Waals surface area contributed by atoms with Crippen LogP contribution in [0.4, 0.5) is 5.69 Å². The number of anilines is 1. The summed E-state index contributed by atoms with van der Waals surface area (Å²) >= 11 is 0. The minimum absolute atomic E-state index is 0.0622. The summed E-state index contributed by atoms with van der Waals surface area (Å²) in [6, 6.07) is 16.7. The first-order chi connectivity index (χ1) is 15.0. The maximum absolute atomic E-state index is 12.9. The van der Waals surface area contributed by atoms with Gasteiger partial charge in [-0.15, -0.1) is 0 Å². The van der Waals surface area contributed by atoms with E-state index in [9.17, 15) is 15.0 Å². The van der Waals surface area contributed by atoms with Crippen molar-refractivity contribution in [3.63, 3.8) is 0 Å². The van der Waals surface area contributed by atoms with Crippen LogP contribution in [0, 0.1) is 0 Å². The fraction of sp³-hybridized carbons (Fsp3) is 0.0800. The number of carbonyl (C=O) groups is 1. The lowest BCUT2D eigenvalue weighted by Gasteiger charge is -2.08. The normalized spacial score (nSPS) is 14.1. The molecule has 4 aromatic rings. The van der Waals surface area contributed by atoms with E-state index in [1.165, 1.54) is 6.07 Å². The van der Waals surface area contributed by atoms with Gasteiger partial charge in [0.2, 0.25) is 5.78 Å². The molecule has 0 spiro atoms. The monoisotopic (exact) mass is 412 g/mol. The molecule has 6 heteroatoms. The van der Waals surface area contributed by atoms with E-state index in [0.29, 0.717) is 0 Å². The predicted octanol–water partition coefficient (Wildman–Crippen LogP) is 4.91. The summed E-state index contributed by atoms with van der Waals surface area (Å²) in [4.78, 5) is 12.9. The number of hydrogen-bond acceptors (Lipinski definition) is 5. The number of allylic oxidation sites excluding steroid dienone is 1. The number of carbonyl (C=O) groups excluding carboxylic acids is 1. The van der Waals surface area contributed by atoms with E-state index in [-0.39, 0.29) is 28.6 Å². The standard InChI is InChI=1S/C25H20N2O4/c1-26-16-8-6-14(7-9-16)18-4-3-5-19-23(18)15(13-27(19)2)10-22-25(30)24-20(29)11-17(28)12-21(24)31-22/h3-13,26,28-29H,1-2H3. The van der Waals surface area contributed by atoms with Crippen LogP contribution in [0.5, 0.6) is 17.2 Å². The Kier molecular flexibility index (Phi) is 4.22. The molecular weight excluding hydrogens is 392 g/mol. The van der Waals surface area contributed by atoms with Gasteiger partial charge in [-0.2, -0.15) is 0 Å². The summed E-state index contributed by atoms with van der Waals surface area (Å²) in [5.41, 5.74) is 5.02. The third kappa shape index (κ3) is 3.00. The van der Waals surface area contributed by atoms with Crippen LogP contribution < -0.4 is 10.1 Å². The van der Waals surface area contributed by atoms with Gasteiger partial charge in [-0.3, -0.25) is 4.79 Å². The zero-order valence-corrected chi connectivity index (χ0v) is 17.0. The number of aromatic nitrogens is 1. The lowest BCUT2D eigenvalue weighted by atomic mass is 9.98. The van der Waals surface area contributed by atoms with E-state index in [1.807, 2.05) is 49.1 Å². The van der Waals surface area contributed by atoms with Crippen LogP contribution in [-0.4, -0.2) is 27.6 Å². The molecule has 0 atom stereocenters. The number of fused-ring (bicyclic) bond motifs is 2. The van der Waals surface area contributed by atoms with Crippen LogP contribution in [0.1, 0.15) is 15.9 Å². The Hall–Kier alpha value is -4.19. The summed E-state index contributed by atoms with van der Waals surface area (Å²) in [5, 5.41) is 23.9. The fourth-order valence-electron chi connectivity index (χ4n) is 4.07. The van der Waals surface area contributed by atoms with Gasteiger partial charge < -0.3 is 24.8 Å². The molecule has 0 amide bonds. The van der Waals surface area contributed by atoms with Crippen LogP contribution in [0.3, 0.4) is 0 Å². The van der Waals surface area contributed by atoms with Crippen molar-refractivity contribution in [3.8, 4) is 28.4 Å². The number of aromatic hydroxyl groups is 2. The largest absolute Gasteiger partial charge is 0.508 e. The second-order valence-corrected chi connectivity index (χ2v) is 7.50. The van der Waals surface area contributed by atoms with E-state index in [1.54, 1.807) is 6.08 Å². The Morgan fingerprint density at radius 3 is 2.58 bits per heavy atom. The molecule has 154 valence electrons. The fourth-order valence-corrected chi connectivity index (χ4v) is 4.07. The third-order valence-electron chi connectivity index (χ3n) is 5.55. The lowest BCUT2D eigenvalue weighted by molar-refractivity contribution is 0.101. The van der Waals surface area contributed by atoms with Crippen LogP contribution in [-0.2, 0) is 7.05 Å². The molecule has 2 heterocycles. The summed E-state index contributed by atoms with van der Waals surface area (Å²) in [6.07, 6.45) is 3.63. The van der Waals surface area contributed by atoms with Gasteiger partial charge in [0.15, 0.2) is 5.76 Å². The third-order valence-corrected chi connectivity index (χ3v) is 5.55.